The first-order valence-electron chi connectivity index (χ1n) is 3.33. The minimum Gasteiger partial charge on any atom is -0.445 e. The standard InChI is InChI=1S/C5H7NOS.C2H6/c1-3-5(8)6-4(2)7-3;1-2/h8H,1-2H3;1-2H3. The van der Waals surface area contributed by atoms with Crippen LogP contribution in [0.2, 0.25) is 0 Å². The van der Waals surface area contributed by atoms with Gasteiger partial charge in [-0.3, -0.25) is 0 Å². The van der Waals surface area contributed by atoms with Crippen molar-refractivity contribution in [1.29, 1.82) is 0 Å². The van der Waals surface area contributed by atoms with Crippen LogP contribution in [0.5, 0.6) is 0 Å². The lowest BCUT2D eigenvalue weighted by molar-refractivity contribution is 0.491. The van der Waals surface area contributed by atoms with Crippen molar-refractivity contribution in [2.45, 2.75) is 32.7 Å². The monoisotopic (exact) mass is 159 g/mol. The van der Waals surface area contributed by atoms with E-state index in [1.165, 1.54) is 0 Å². The molecular formula is C7H13NOS. The van der Waals surface area contributed by atoms with E-state index in [1.807, 2.05) is 20.8 Å². The molecule has 1 aromatic rings. The summed E-state index contributed by atoms with van der Waals surface area (Å²) in [4.78, 5) is 3.91. The first-order valence-corrected chi connectivity index (χ1v) is 3.78. The van der Waals surface area contributed by atoms with E-state index in [4.69, 9.17) is 4.42 Å². The van der Waals surface area contributed by atoms with Crippen molar-refractivity contribution in [2.24, 2.45) is 0 Å². The van der Waals surface area contributed by atoms with Crippen LogP contribution in [0.1, 0.15) is 25.5 Å². The Labute approximate surface area is 67.1 Å². The first kappa shape index (κ1) is 9.56. The Morgan fingerprint density at radius 2 is 1.80 bits per heavy atom. The van der Waals surface area contributed by atoms with Crippen LogP contribution in [0.4, 0.5) is 0 Å². The average molecular weight is 159 g/mol. The van der Waals surface area contributed by atoms with Crippen molar-refractivity contribution in [3.63, 3.8) is 0 Å². The van der Waals surface area contributed by atoms with Crippen LogP contribution in [0, 0.1) is 13.8 Å². The maximum atomic E-state index is 5.03. The summed E-state index contributed by atoms with van der Waals surface area (Å²) in [5.74, 6) is 1.46. The molecule has 0 radical (unpaired) electrons. The SMILES string of the molecule is CC.Cc1nc(S)c(C)o1. The molecule has 0 N–H and O–H groups in total. The molecule has 0 aliphatic carbocycles. The van der Waals surface area contributed by atoms with E-state index in [0.717, 1.165) is 5.76 Å². The number of aromatic nitrogens is 1. The Balaban J connectivity index is 0.000000371. The van der Waals surface area contributed by atoms with Crippen LogP contribution < -0.4 is 0 Å². The van der Waals surface area contributed by atoms with Gasteiger partial charge in [0.15, 0.2) is 5.89 Å². The third kappa shape index (κ3) is 2.43. The second-order valence-corrected chi connectivity index (χ2v) is 2.04. The van der Waals surface area contributed by atoms with E-state index in [0.29, 0.717) is 10.9 Å². The van der Waals surface area contributed by atoms with Gasteiger partial charge in [0.25, 0.3) is 0 Å². The fourth-order valence-corrected chi connectivity index (χ4v) is 0.704. The van der Waals surface area contributed by atoms with Crippen LogP contribution in [-0.4, -0.2) is 4.98 Å². The molecule has 0 saturated heterocycles. The quantitative estimate of drug-likeness (QED) is 0.589. The molecule has 0 amide bonds. The van der Waals surface area contributed by atoms with Crippen molar-refractivity contribution in [2.75, 3.05) is 0 Å². The largest absolute Gasteiger partial charge is 0.445 e. The lowest BCUT2D eigenvalue weighted by Crippen LogP contribution is -1.65. The summed E-state index contributed by atoms with van der Waals surface area (Å²) in [6.07, 6.45) is 0. The van der Waals surface area contributed by atoms with Gasteiger partial charge in [0.1, 0.15) is 10.8 Å². The first-order chi connectivity index (χ1) is 4.70. The molecule has 0 saturated carbocycles. The van der Waals surface area contributed by atoms with Gasteiger partial charge in [-0.2, -0.15) is 0 Å². The Hall–Kier alpha value is -0.440. The fraction of sp³-hybridized carbons (Fsp3) is 0.571. The topological polar surface area (TPSA) is 26.0 Å². The smallest absolute Gasteiger partial charge is 0.192 e. The van der Waals surface area contributed by atoms with Crippen LogP contribution in [-0.2, 0) is 0 Å². The molecule has 1 heterocycles. The fourth-order valence-electron chi connectivity index (χ4n) is 0.518. The molecule has 0 unspecified atom stereocenters. The summed E-state index contributed by atoms with van der Waals surface area (Å²) in [5, 5.41) is 0.683. The Kier molecular flexibility index (Phi) is 4.19. The summed E-state index contributed by atoms with van der Waals surface area (Å²) in [5.41, 5.74) is 0. The maximum Gasteiger partial charge on any atom is 0.192 e. The van der Waals surface area contributed by atoms with Crippen molar-refractivity contribution in [3.8, 4) is 0 Å². The molecule has 1 aromatic heterocycles. The third-order valence-electron chi connectivity index (χ3n) is 0.879. The Bertz CT molecular complexity index is 176. The normalized spacial score (nSPS) is 8.50. The molecule has 0 aliphatic rings. The number of rotatable bonds is 0. The highest BCUT2D eigenvalue weighted by molar-refractivity contribution is 7.80. The predicted octanol–water partition coefficient (Wildman–Crippen LogP) is 2.61. The number of thiol groups is 1. The molecule has 0 atom stereocenters. The molecule has 0 aliphatic heterocycles. The van der Waals surface area contributed by atoms with Crippen LogP contribution in [0.15, 0.2) is 9.44 Å². The van der Waals surface area contributed by atoms with E-state index in [2.05, 4.69) is 17.6 Å². The van der Waals surface area contributed by atoms with Crippen LogP contribution >= 0.6 is 12.6 Å². The lowest BCUT2D eigenvalue weighted by Gasteiger charge is -1.76. The highest BCUT2D eigenvalue weighted by Gasteiger charge is 1.98. The Morgan fingerprint density at radius 1 is 1.30 bits per heavy atom. The van der Waals surface area contributed by atoms with Gasteiger partial charge in [-0.25, -0.2) is 4.98 Å². The van der Waals surface area contributed by atoms with Crippen molar-refractivity contribution in [3.05, 3.63) is 11.7 Å². The van der Waals surface area contributed by atoms with Gasteiger partial charge in [0, 0.05) is 6.92 Å². The molecule has 3 heteroatoms. The third-order valence-corrected chi connectivity index (χ3v) is 1.29. The second kappa shape index (κ2) is 4.39. The number of aryl methyl sites for hydroxylation is 2. The van der Waals surface area contributed by atoms with Crippen LogP contribution in [0.25, 0.3) is 0 Å². The maximum absolute atomic E-state index is 5.03. The van der Waals surface area contributed by atoms with Crippen molar-refractivity contribution >= 4 is 12.6 Å². The Morgan fingerprint density at radius 3 is 1.90 bits per heavy atom. The number of hydrogen-bond donors (Lipinski definition) is 1. The average Bonchev–Trinajstić information content (AvgIpc) is 2.16. The molecule has 2 nitrogen and oxygen atoms in total. The number of nitrogens with zero attached hydrogens (tertiary/aromatic N) is 1. The molecule has 10 heavy (non-hydrogen) atoms. The van der Waals surface area contributed by atoms with E-state index in [-0.39, 0.29) is 0 Å². The van der Waals surface area contributed by atoms with Crippen LogP contribution in [0.3, 0.4) is 0 Å². The molecule has 0 aromatic carbocycles. The molecule has 0 spiro atoms. The van der Waals surface area contributed by atoms with E-state index >= 15 is 0 Å². The minimum atomic E-state index is 0.674. The highest BCUT2D eigenvalue weighted by atomic mass is 32.1. The summed E-state index contributed by atoms with van der Waals surface area (Å²) >= 11 is 4.01. The highest BCUT2D eigenvalue weighted by Crippen LogP contribution is 2.11. The number of hydrogen-bond acceptors (Lipinski definition) is 3. The van der Waals surface area contributed by atoms with Gasteiger partial charge in [-0.15, -0.1) is 12.6 Å². The molecule has 1 rings (SSSR count). The van der Waals surface area contributed by atoms with E-state index in [9.17, 15) is 0 Å². The predicted molar refractivity (Wildman–Crippen MR) is 44.6 cm³/mol. The van der Waals surface area contributed by atoms with Gasteiger partial charge in [0.05, 0.1) is 0 Å². The van der Waals surface area contributed by atoms with Gasteiger partial charge in [-0.05, 0) is 6.92 Å². The van der Waals surface area contributed by atoms with Gasteiger partial charge < -0.3 is 4.42 Å². The van der Waals surface area contributed by atoms with Crippen molar-refractivity contribution < 1.29 is 4.42 Å². The molecule has 0 fully saturated rings. The van der Waals surface area contributed by atoms with Crippen molar-refractivity contribution in [1.82, 2.24) is 4.98 Å². The zero-order valence-electron chi connectivity index (χ0n) is 6.80. The van der Waals surface area contributed by atoms with Gasteiger partial charge in [-0.1, -0.05) is 13.8 Å². The minimum absolute atomic E-state index is 0.674. The molecular weight excluding hydrogens is 146 g/mol. The summed E-state index contributed by atoms with van der Waals surface area (Å²) in [7, 11) is 0. The van der Waals surface area contributed by atoms with E-state index in [1.54, 1.807) is 6.92 Å². The second-order valence-electron chi connectivity index (χ2n) is 1.61. The zero-order valence-corrected chi connectivity index (χ0v) is 7.70. The van der Waals surface area contributed by atoms with E-state index < -0.39 is 0 Å². The molecule has 0 bridgehead atoms. The molecule has 58 valence electrons. The lowest BCUT2D eigenvalue weighted by atomic mass is 10.6. The van der Waals surface area contributed by atoms with Gasteiger partial charge in [0.2, 0.25) is 0 Å². The number of oxazole rings is 1. The zero-order chi connectivity index (χ0) is 8.15. The summed E-state index contributed by atoms with van der Waals surface area (Å²) in [6.45, 7) is 7.63. The summed E-state index contributed by atoms with van der Waals surface area (Å²) in [6, 6.07) is 0. The van der Waals surface area contributed by atoms with Gasteiger partial charge >= 0.3 is 0 Å². The summed E-state index contributed by atoms with van der Waals surface area (Å²) < 4.78 is 5.03.